The summed E-state index contributed by atoms with van der Waals surface area (Å²) in [5.74, 6) is 0. The number of anilines is 2. The van der Waals surface area contributed by atoms with E-state index in [9.17, 15) is 9.59 Å². The molecule has 1 aromatic carbocycles. The number of methoxy groups -OCH3 is 1. The molecule has 1 aromatic heterocycles. The highest BCUT2D eigenvalue weighted by molar-refractivity contribution is 5.92. The first-order valence-electron chi connectivity index (χ1n) is 9.07. The van der Waals surface area contributed by atoms with E-state index < -0.39 is 0 Å². The van der Waals surface area contributed by atoms with Crippen LogP contribution in [0, 0.1) is 0 Å². The van der Waals surface area contributed by atoms with Crippen LogP contribution in [0.2, 0.25) is 0 Å². The van der Waals surface area contributed by atoms with Gasteiger partial charge in [-0.2, -0.15) is 5.10 Å². The van der Waals surface area contributed by atoms with Crippen molar-refractivity contribution in [2.75, 3.05) is 23.9 Å². The summed E-state index contributed by atoms with van der Waals surface area (Å²) in [6, 6.07) is 7.06. The molecule has 0 radical (unpaired) electrons. The topological polar surface area (TPSA) is 88.5 Å². The van der Waals surface area contributed by atoms with Crippen molar-refractivity contribution in [1.29, 1.82) is 0 Å². The third-order valence-electron chi connectivity index (χ3n) is 4.78. The molecule has 0 aliphatic carbocycles. The second-order valence-corrected chi connectivity index (χ2v) is 6.51. The Balaban J connectivity index is 1.70. The summed E-state index contributed by atoms with van der Waals surface area (Å²) in [5.41, 5.74) is 3.49. The van der Waals surface area contributed by atoms with E-state index in [1.165, 1.54) is 7.11 Å². The fourth-order valence-electron chi connectivity index (χ4n) is 3.41. The number of nitrogens with one attached hydrogen (secondary N) is 2. The Kier molecular flexibility index (Phi) is 5.63. The minimum atomic E-state index is -0.364. The quantitative estimate of drug-likeness (QED) is 0.864. The molecule has 0 fully saturated rings. The number of rotatable bonds is 4. The Morgan fingerprint density at radius 1 is 1.33 bits per heavy atom. The molecule has 2 aromatic rings. The molecular weight excluding hydrogens is 346 g/mol. The number of ether oxygens (including phenoxy) is 1. The van der Waals surface area contributed by atoms with E-state index in [2.05, 4.69) is 15.7 Å². The standard InChI is InChI=1S/C19H25N5O3/c1-4-15(17-9-10-20-23(17)2)22-18(25)21-14-7-8-16-13(12-14)6-5-11-24(16)19(26)27-3/h7-10,12,15H,4-6,11H2,1-3H3,(H2,21,22,25)/t15-/m0/s1. The minimum absolute atomic E-state index is 0.120. The summed E-state index contributed by atoms with van der Waals surface area (Å²) >= 11 is 0. The Morgan fingerprint density at radius 2 is 2.15 bits per heavy atom. The van der Waals surface area contributed by atoms with Gasteiger partial charge in [-0.1, -0.05) is 6.92 Å². The van der Waals surface area contributed by atoms with Crippen molar-refractivity contribution >= 4 is 23.5 Å². The molecule has 3 amide bonds. The van der Waals surface area contributed by atoms with Gasteiger partial charge in [-0.05, 0) is 49.1 Å². The first-order valence-corrected chi connectivity index (χ1v) is 9.07. The van der Waals surface area contributed by atoms with Crippen LogP contribution in [0.25, 0.3) is 0 Å². The van der Waals surface area contributed by atoms with Crippen LogP contribution >= 0.6 is 0 Å². The van der Waals surface area contributed by atoms with E-state index in [1.54, 1.807) is 21.8 Å². The Bertz CT molecular complexity index is 833. The van der Waals surface area contributed by atoms with E-state index in [-0.39, 0.29) is 18.2 Å². The van der Waals surface area contributed by atoms with Gasteiger partial charge in [0.15, 0.2) is 0 Å². The number of nitrogens with zero attached hydrogens (tertiary/aromatic N) is 3. The number of amides is 3. The molecule has 8 nitrogen and oxygen atoms in total. The van der Waals surface area contributed by atoms with Crippen LogP contribution in [-0.4, -0.2) is 35.6 Å². The molecule has 1 aliphatic rings. The van der Waals surface area contributed by atoms with Crippen molar-refractivity contribution in [2.45, 2.75) is 32.2 Å². The molecule has 0 saturated heterocycles. The molecule has 144 valence electrons. The summed E-state index contributed by atoms with van der Waals surface area (Å²) in [6.07, 6.45) is 3.82. The lowest BCUT2D eigenvalue weighted by Gasteiger charge is -2.28. The Morgan fingerprint density at radius 3 is 2.81 bits per heavy atom. The van der Waals surface area contributed by atoms with E-state index in [1.807, 2.05) is 32.2 Å². The maximum atomic E-state index is 12.4. The van der Waals surface area contributed by atoms with Gasteiger partial charge in [0.05, 0.1) is 24.5 Å². The minimum Gasteiger partial charge on any atom is -0.452 e. The summed E-state index contributed by atoms with van der Waals surface area (Å²) < 4.78 is 6.60. The molecular formula is C19H25N5O3. The van der Waals surface area contributed by atoms with Gasteiger partial charge < -0.3 is 15.4 Å². The van der Waals surface area contributed by atoms with Gasteiger partial charge in [0.25, 0.3) is 0 Å². The van der Waals surface area contributed by atoms with Gasteiger partial charge in [0.2, 0.25) is 0 Å². The van der Waals surface area contributed by atoms with Crippen LogP contribution in [0.1, 0.15) is 37.1 Å². The van der Waals surface area contributed by atoms with Gasteiger partial charge in [0.1, 0.15) is 0 Å². The summed E-state index contributed by atoms with van der Waals surface area (Å²) in [7, 11) is 3.23. The number of urea groups is 1. The number of carbonyl (C=O) groups is 2. The zero-order valence-corrected chi connectivity index (χ0v) is 15.9. The van der Waals surface area contributed by atoms with E-state index in [4.69, 9.17) is 4.74 Å². The third kappa shape index (κ3) is 4.05. The van der Waals surface area contributed by atoms with E-state index in [0.717, 1.165) is 36.2 Å². The lowest BCUT2D eigenvalue weighted by atomic mass is 10.0. The van der Waals surface area contributed by atoms with Gasteiger partial charge in [-0.25, -0.2) is 9.59 Å². The first-order chi connectivity index (χ1) is 13.0. The number of aryl methyl sites for hydroxylation is 2. The van der Waals surface area contributed by atoms with Crippen LogP contribution < -0.4 is 15.5 Å². The van der Waals surface area contributed by atoms with E-state index in [0.29, 0.717) is 12.2 Å². The molecule has 0 spiro atoms. The lowest BCUT2D eigenvalue weighted by Crippen LogP contribution is -2.35. The average molecular weight is 371 g/mol. The normalized spacial score (nSPS) is 14.3. The van der Waals surface area contributed by atoms with Crippen molar-refractivity contribution < 1.29 is 14.3 Å². The highest BCUT2D eigenvalue weighted by Gasteiger charge is 2.23. The molecule has 2 N–H and O–H groups in total. The molecule has 2 heterocycles. The summed E-state index contributed by atoms with van der Waals surface area (Å²) in [6.45, 7) is 2.65. The highest BCUT2D eigenvalue weighted by atomic mass is 16.5. The van der Waals surface area contributed by atoms with Crippen LogP contribution in [0.5, 0.6) is 0 Å². The molecule has 1 aliphatic heterocycles. The fraction of sp³-hybridized carbons (Fsp3) is 0.421. The van der Waals surface area contributed by atoms with Crippen LogP contribution in [0.4, 0.5) is 21.0 Å². The largest absolute Gasteiger partial charge is 0.452 e. The summed E-state index contributed by atoms with van der Waals surface area (Å²) in [4.78, 5) is 26.0. The zero-order valence-electron chi connectivity index (χ0n) is 15.9. The van der Waals surface area contributed by atoms with E-state index >= 15 is 0 Å². The van der Waals surface area contributed by atoms with Crippen molar-refractivity contribution in [3.8, 4) is 0 Å². The van der Waals surface area contributed by atoms with Crippen LogP contribution in [-0.2, 0) is 18.2 Å². The second kappa shape index (κ2) is 8.11. The molecule has 0 saturated carbocycles. The fourth-order valence-corrected chi connectivity index (χ4v) is 3.41. The highest BCUT2D eigenvalue weighted by Crippen LogP contribution is 2.30. The number of aromatic nitrogens is 2. The predicted octanol–water partition coefficient (Wildman–Crippen LogP) is 3.21. The number of benzene rings is 1. The van der Waals surface area contributed by atoms with Crippen molar-refractivity contribution in [3.63, 3.8) is 0 Å². The molecule has 0 bridgehead atoms. The molecule has 27 heavy (non-hydrogen) atoms. The predicted molar refractivity (Wildman–Crippen MR) is 103 cm³/mol. The first kappa shape index (κ1) is 18.8. The molecule has 8 heteroatoms. The maximum absolute atomic E-state index is 12.4. The summed E-state index contributed by atoms with van der Waals surface area (Å²) in [5, 5.41) is 10.0. The maximum Gasteiger partial charge on any atom is 0.414 e. The molecule has 3 rings (SSSR count). The Hall–Kier alpha value is -3.03. The lowest BCUT2D eigenvalue weighted by molar-refractivity contribution is 0.178. The van der Waals surface area contributed by atoms with Crippen molar-refractivity contribution in [1.82, 2.24) is 15.1 Å². The number of hydrogen-bond donors (Lipinski definition) is 2. The van der Waals surface area contributed by atoms with Gasteiger partial charge in [-0.15, -0.1) is 0 Å². The van der Waals surface area contributed by atoms with Crippen molar-refractivity contribution in [2.24, 2.45) is 7.05 Å². The zero-order chi connectivity index (χ0) is 19.4. The molecule has 0 unspecified atom stereocenters. The number of fused-ring (bicyclic) bond motifs is 1. The molecule has 1 atom stereocenters. The van der Waals surface area contributed by atoms with Crippen molar-refractivity contribution in [3.05, 3.63) is 41.7 Å². The number of carbonyl (C=O) groups excluding carboxylic acids is 2. The number of hydrogen-bond acceptors (Lipinski definition) is 4. The smallest absolute Gasteiger partial charge is 0.414 e. The van der Waals surface area contributed by atoms with Gasteiger partial charge in [-0.3, -0.25) is 9.58 Å². The monoisotopic (exact) mass is 371 g/mol. The third-order valence-corrected chi connectivity index (χ3v) is 4.78. The second-order valence-electron chi connectivity index (χ2n) is 6.51. The SMILES string of the molecule is CC[C@H](NC(=O)Nc1ccc2c(c1)CCCN2C(=O)OC)c1ccnn1C. The van der Waals surface area contributed by atoms with Gasteiger partial charge >= 0.3 is 12.1 Å². The van der Waals surface area contributed by atoms with Crippen LogP contribution in [0.3, 0.4) is 0 Å². The Labute approximate surface area is 158 Å². The van der Waals surface area contributed by atoms with Gasteiger partial charge in [0, 0.05) is 25.5 Å². The average Bonchev–Trinajstić information content (AvgIpc) is 3.10. The van der Waals surface area contributed by atoms with Crippen LogP contribution in [0.15, 0.2) is 30.5 Å².